The summed E-state index contributed by atoms with van der Waals surface area (Å²) in [7, 11) is 0. The van der Waals surface area contributed by atoms with Gasteiger partial charge in [-0.15, -0.1) is 0 Å². The van der Waals surface area contributed by atoms with Gasteiger partial charge in [0.25, 0.3) is 0 Å². The molecule has 0 unspecified atom stereocenters. The molecule has 0 amide bonds. The van der Waals surface area contributed by atoms with E-state index in [0.717, 1.165) is 16.5 Å². The lowest BCUT2D eigenvalue weighted by molar-refractivity contribution is 0.0697. The second-order valence-electron chi connectivity index (χ2n) is 4.51. The minimum absolute atomic E-state index is 0.213. The summed E-state index contributed by atoms with van der Waals surface area (Å²) >= 11 is 3.47. The Hall–Kier alpha value is -2.08. The number of hydrogen-bond donors (Lipinski definition) is 1. The van der Waals surface area contributed by atoms with Crippen molar-refractivity contribution in [2.24, 2.45) is 0 Å². The van der Waals surface area contributed by atoms with E-state index in [1.807, 2.05) is 12.3 Å². The van der Waals surface area contributed by atoms with Gasteiger partial charge in [-0.25, -0.2) is 4.79 Å². The molecule has 2 heterocycles. The van der Waals surface area contributed by atoms with Gasteiger partial charge in [-0.05, 0) is 23.6 Å². The van der Waals surface area contributed by atoms with Gasteiger partial charge in [0.1, 0.15) is 0 Å². The zero-order valence-corrected chi connectivity index (χ0v) is 12.1. The monoisotopic (exact) mass is 333 g/mol. The minimum Gasteiger partial charge on any atom is -0.478 e. The lowest BCUT2D eigenvalue weighted by atomic mass is 10.2. The van der Waals surface area contributed by atoms with Crippen molar-refractivity contribution in [1.82, 2.24) is 14.3 Å². The standard InChI is InChI=1S/C14H12BrN3O2/c15-12-2-1-10-3-4-17(13(10)7-12)5-6-18-9-11(8-16-18)14(19)20/h1-4,7-9H,5-6H2,(H,19,20). The van der Waals surface area contributed by atoms with Crippen LogP contribution in [0.25, 0.3) is 10.9 Å². The molecule has 2 aromatic heterocycles. The predicted octanol–water partition coefficient (Wildman–Crippen LogP) is 3.00. The summed E-state index contributed by atoms with van der Waals surface area (Å²) in [5.41, 5.74) is 1.36. The van der Waals surface area contributed by atoms with E-state index in [2.05, 4.69) is 43.8 Å². The molecule has 0 bridgehead atoms. The van der Waals surface area contributed by atoms with Crippen LogP contribution >= 0.6 is 15.9 Å². The number of fused-ring (bicyclic) bond motifs is 1. The molecule has 0 atom stereocenters. The van der Waals surface area contributed by atoms with E-state index in [0.29, 0.717) is 6.54 Å². The van der Waals surface area contributed by atoms with E-state index in [9.17, 15) is 4.79 Å². The lowest BCUT2D eigenvalue weighted by Gasteiger charge is -2.06. The molecule has 3 rings (SSSR count). The third-order valence-electron chi connectivity index (χ3n) is 3.19. The van der Waals surface area contributed by atoms with Crippen molar-refractivity contribution in [3.63, 3.8) is 0 Å². The first kappa shape index (κ1) is 12.9. The van der Waals surface area contributed by atoms with Crippen LogP contribution in [-0.4, -0.2) is 25.4 Å². The molecule has 0 fully saturated rings. The number of benzene rings is 1. The summed E-state index contributed by atoms with van der Waals surface area (Å²) in [5, 5.41) is 14.1. The number of carboxylic acid groups (broad SMARTS) is 1. The van der Waals surface area contributed by atoms with E-state index in [4.69, 9.17) is 5.11 Å². The maximum Gasteiger partial charge on any atom is 0.338 e. The van der Waals surface area contributed by atoms with E-state index < -0.39 is 5.97 Å². The molecular weight excluding hydrogens is 322 g/mol. The zero-order valence-electron chi connectivity index (χ0n) is 10.5. The minimum atomic E-state index is -0.952. The maximum absolute atomic E-state index is 10.8. The maximum atomic E-state index is 10.8. The van der Waals surface area contributed by atoms with E-state index in [1.54, 1.807) is 10.9 Å². The van der Waals surface area contributed by atoms with Gasteiger partial charge in [0.15, 0.2) is 0 Å². The zero-order chi connectivity index (χ0) is 14.1. The van der Waals surface area contributed by atoms with Crippen LogP contribution in [-0.2, 0) is 13.1 Å². The Balaban J connectivity index is 1.79. The summed E-state index contributed by atoms with van der Waals surface area (Å²) in [6.45, 7) is 1.37. The van der Waals surface area contributed by atoms with Crippen LogP contribution in [0, 0.1) is 0 Å². The molecule has 3 aromatic rings. The second kappa shape index (κ2) is 5.13. The Morgan fingerprint density at radius 1 is 1.30 bits per heavy atom. The number of hydrogen-bond acceptors (Lipinski definition) is 2. The Morgan fingerprint density at radius 2 is 2.15 bits per heavy atom. The number of nitrogens with zero attached hydrogens (tertiary/aromatic N) is 3. The number of carbonyl (C=O) groups is 1. The van der Waals surface area contributed by atoms with Crippen LogP contribution in [0.2, 0.25) is 0 Å². The predicted molar refractivity (Wildman–Crippen MR) is 78.8 cm³/mol. The van der Waals surface area contributed by atoms with Crippen molar-refractivity contribution >= 4 is 32.8 Å². The fourth-order valence-electron chi connectivity index (χ4n) is 2.16. The van der Waals surface area contributed by atoms with Gasteiger partial charge in [0.2, 0.25) is 0 Å². The molecule has 102 valence electrons. The van der Waals surface area contributed by atoms with Crippen molar-refractivity contribution in [1.29, 1.82) is 0 Å². The highest BCUT2D eigenvalue weighted by atomic mass is 79.9. The van der Waals surface area contributed by atoms with Crippen LogP contribution in [0.1, 0.15) is 10.4 Å². The first-order chi connectivity index (χ1) is 9.63. The second-order valence-corrected chi connectivity index (χ2v) is 5.43. The van der Waals surface area contributed by atoms with E-state index in [1.165, 1.54) is 11.6 Å². The molecule has 1 N–H and O–H groups in total. The third-order valence-corrected chi connectivity index (χ3v) is 3.68. The van der Waals surface area contributed by atoms with Crippen molar-refractivity contribution in [3.8, 4) is 0 Å². The summed E-state index contributed by atoms with van der Waals surface area (Å²) in [6, 6.07) is 8.21. The molecule has 5 nitrogen and oxygen atoms in total. The molecule has 0 aliphatic carbocycles. The normalized spacial score (nSPS) is 11.1. The summed E-state index contributed by atoms with van der Waals surface area (Å²) in [6.07, 6.45) is 4.94. The average Bonchev–Trinajstić information content (AvgIpc) is 3.02. The summed E-state index contributed by atoms with van der Waals surface area (Å²) in [5.74, 6) is -0.952. The number of halogens is 1. The van der Waals surface area contributed by atoms with Gasteiger partial charge in [-0.1, -0.05) is 22.0 Å². The van der Waals surface area contributed by atoms with Gasteiger partial charge in [0, 0.05) is 28.9 Å². The largest absolute Gasteiger partial charge is 0.478 e. The van der Waals surface area contributed by atoms with Gasteiger partial charge in [-0.3, -0.25) is 4.68 Å². The molecule has 6 heteroatoms. The van der Waals surface area contributed by atoms with Crippen molar-refractivity contribution < 1.29 is 9.90 Å². The van der Waals surface area contributed by atoms with Crippen LogP contribution in [0.3, 0.4) is 0 Å². The number of aromatic nitrogens is 3. The fourth-order valence-corrected chi connectivity index (χ4v) is 2.51. The molecule has 0 radical (unpaired) electrons. The first-order valence-corrected chi connectivity index (χ1v) is 6.93. The van der Waals surface area contributed by atoms with Gasteiger partial charge in [-0.2, -0.15) is 5.10 Å². The summed E-state index contributed by atoms with van der Waals surface area (Å²) < 4.78 is 4.81. The van der Waals surface area contributed by atoms with E-state index in [-0.39, 0.29) is 5.56 Å². The highest BCUT2D eigenvalue weighted by molar-refractivity contribution is 9.10. The lowest BCUT2D eigenvalue weighted by Crippen LogP contribution is -2.07. The Morgan fingerprint density at radius 3 is 2.90 bits per heavy atom. The van der Waals surface area contributed by atoms with Gasteiger partial charge in [0.05, 0.1) is 18.3 Å². The number of rotatable bonds is 4. The molecule has 0 saturated carbocycles. The topological polar surface area (TPSA) is 60.0 Å². The number of aryl methyl sites for hydroxylation is 2. The van der Waals surface area contributed by atoms with Crippen LogP contribution in [0.5, 0.6) is 0 Å². The quantitative estimate of drug-likeness (QED) is 0.798. The number of carboxylic acids is 1. The molecule has 0 spiro atoms. The molecule has 0 aliphatic rings. The third kappa shape index (κ3) is 2.46. The molecule has 0 saturated heterocycles. The van der Waals surface area contributed by atoms with Crippen LogP contribution in [0.4, 0.5) is 0 Å². The molecular formula is C14H12BrN3O2. The average molecular weight is 334 g/mol. The van der Waals surface area contributed by atoms with Gasteiger partial charge < -0.3 is 9.67 Å². The molecule has 1 aromatic carbocycles. The first-order valence-electron chi connectivity index (χ1n) is 6.13. The van der Waals surface area contributed by atoms with Crippen molar-refractivity contribution in [2.75, 3.05) is 0 Å². The molecule has 0 aliphatic heterocycles. The van der Waals surface area contributed by atoms with Crippen molar-refractivity contribution in [2.45, 2.75) is 13.1 Å². The Labute approximate surface area is 123 Å². The smallest absolute Gasteiger partial charge is 0.338 e. The van der Waals surface area contributed by atoms with Gasteiger partial charge >= 0.3 is 5.97 Å². The number of aromatic carboxylic acids is 1. The highest BCUT2D eigenvalue weighted by Crippen LogP contribution is 2.20. The van der Waals surface area contributed by atoms with Crippen LogP contribution in [0.15, 0.2) is 47.3 Å². The molecule has 20 heavy (non-hydrogen) atoms. The Kier molecular flexibility index (Phi) is 3.31. The highest BCUT2D eigenvalue weighted by Gasteiger charge is 2.06. The summed E-state index contributed by atoms with van der Waals surface area (Å²) in [4.78, 5) is 10.8. The van der Waals surface area contributed by atoms with Crippen LogP contribution < -0.4 is 0 Å². The SMILES string of the molecule is O=C(O)c1cnn(CCn2ccc3ccc(Br)cc32)c1. The van der Waals surface area contributed by atoms with E-state index >= 15 is 0 Å². The Bertz CT molecular complexity index is 776. The fraction of sp³-hybridized carbons (Fsp3) is 0.143. The van der Waals surface area contributed by atoms with Crippen molar-refractivity contribution in [3.05, 3.63) is 52.9 Å².